The van der Waals surface area contributed by atoms with E-state index in [0.29, 0.717) is 25.2 Å². The molecule has 0 aliphatic carbocycles. The van der Waals surface area contributed by atoms with Crippen LogP contribution in [0.5, 0.6) is 0 Å². The van der Waals surface area contributed by atoms with Crippen LogP contribution in [-0.4, -0.2) is 79.7 Å². The van der Waals surface area contributed by atoms with Crippen molar-refractivity contribution in [2.45, 2.75) is 46.7 Å². The fourth-order valence-electron chi connectivity index (χ4n) is 7.87. The third-order valence-corrected chi connectivity index (χ3v) is 12.9. The van der Waals surface area contributed by atoms with Gasteiger partial charge in [0, 0.05) is 35.4 Å². The van der Waals surface area contributed by atoms with Crippen molar-refractivity contribution in [1.29, 1.82) is 0 Å². The molecule has 240 valence electrons. The number of rotatable bonds is 12. The molecule has 0 radical (unpaired) electrons. The van der Waals surface area contributed by atoms with Crippen molar-refractivity contribution < 1.29 is 19.5 Å². The molecule has 3 saturated heterocycles. The molecule has 3 fully saturated rings. The van der Waals surface area contributed by atoms with Gasteiger partial charge in [-0.2, -0.15) is 0 Å². The Morgan fingerprint density at radius 3 is 2.41 bits per heavy atom. The second-order valence-corrected chi connectivity index (χ2v) is 15.1. The zero-order valence-corrected chi connectivity index (χ0v) is 28.4. The van der Waals surface area contributed by atoms with E-state index in [1.807, 2.05) is 79.7 Å². The average Bonchev–Trinajstić information content (AvgIpc) is 3.67. The topological polar surface area (TPSA) is 81.2 Å². The summed E-state index contributed by atoms with van der Waals surface area (Å²) in [5, 5.41) is 12.8. The van der Waals surface area contributed by atoms with Crippen molar-refractivity contribution in [3.05, 3.63) is 104 Å². The number of amides is 3. The maximum atomic E-state index is 15.2. The summed E-state index contributed by atoms with van der Waals surface area (Å²) in [7, 11) is 0. The Labute approximate surface area is 283 Å². The van der Waals surface area contributed by atoms with E-state index in [4.69, 9.17) is 0 Å². The van der Waals surface area contributed by atoms with E-state index >= 15 is 4.79 Å². The summed E-state index contributed by atoms with van der Waals surface area (Å²) in [6.45, 7) is 10.7. The van der Waals surface area contributed by atoms with Crippen LogP contribution in [0.1, 0.15) is 31.4 Å². The Balaban J connectivity index is 1.50. The molecule has 7 nitrogen and oxygen atoms in total. The van der Waals surface area contributed by atoms with E-state index in [0.717, 1.165) is 22.8 Å². The number of carbonyl (C=O) groups excluding carboxylic acids is 3. The van der Waals surface area contributed by atoms with Gasteiger partial charge in [-0.1, -0.05) is 95.7 Å². The molecule has 9 heteroatoms. The maximum absolute atomic E-state index is 15.2. The van der Waals surface area contributed by atoms with Gasteiger partial charge in [-0.25, -0.2) is 0 Å². The number of aliphatic hydroxyl groups excluding tert-OH is 1. The molecule has 46 heavy (non-hydrogen) atoms. The Morgan fingerprint density at radius 1 is 1.04 bits per heavy atom. The monoisotopic (exact) mass is 701 g/mol. The molecule has 6 rings (SSSR count). The van der Waals surface area contributed by atoms with Gasteiger partial charge in [-0.3, -0.25) is 14.4 Å². The van der Waals surface area contributed by atoms with Crippen LogP contribution in [0.15, 0.2) is 98.1 Å². The van der Waals surface area contributed by atoms with Gasteiger partial charge >= 0.3 is 0 Å². The average molecular weight is 703 g/mol. The van der Waals surface area contributed by atoms with Crippen LogP contribution in [-0.2, 0) is 14.4 Å². The first-order valence-electron chi connectivity index (χ1n) is 15.9. The molecule has 3 heterocycles. The highest BCUT2D eigenvalue weighted by atomic mass is 79.9. The standard InChI is InChI=1S/C37H40BrN3O4S/c1-4-18-39(19-5-2)34(43)30-31-35(44)41(29(23-42)25-13-8-7-9-14-25)33(37(31)22-28(38)32(30)46-37)36(45)40(20-6-3)27-17-16-24-12-10-11-15-26(24)21-27/h4,6-17,21,28-33,42H,1,3,5,18-20,22-23H2,2H3/t28?,29-,30-,31+,32-,33?,37?/m1/s1. The molecule has 0 saturated carbocycles. The number of thioether (sulfide) groups is 1. The smallest absolute Gasteiger partial charge is 0.251 e. The summed E-state index contributed by atoms with van der Waals surface area (Å²) >= 11 is 5.50. The molecule has 3 aromatic carbocycles. The highest BCUT2D eigenvalue weighted by Crippen LogP contribution is 2.68. The van der Waals surface area contributed by atoms with Gasteiger partial charge in [0.1, 0.15) is 6.04 Å². The van der Waals surface area contributed by atoms with Crippen LogP contribution < -0.4 is 4.90 Å². The molecule has 3 aliphatic heterocycles. The van der Waals surface area contributed by atoms with E-state index in [-0.39, 0.29) is 41.0 Å². The van der Waals surface area contributed by atoms with Gasteiger partial charge in [0.05, 0.1) is 29.2 Å². The zero-order chi connectivity index (χ0) is 32.6. The van der Waals surface area contributed by atoms with E-state index in [1.54, 1.807) is 38.6 Å². The maximum Gasteiger partial charge on any atom is 0.251 e. The number of alkyl halides is 1. The molecule has 0 aromatic heterocycles. The van der Waals surface area contributed by atoms with E-state index in [2.05, 4.69) is 29.1 Å². The minimum absolute atomic E-state index is 0.0595. The molecule has 1 N–H and O–H groups in total. The van der Waals surface area contributed by atoms with Crippen molar-refractivity contribution in [1.82, 2.24) is 9.80 Å². The number of hydrogen-bond acceptors (Lipinski definition) is 5. The number of halogens is 1. The van der Waals surface area contributed by atoms with Gasteiger partial charge in [0.2, 0.25) is 11.8 Å². The fraction of sp³-hybridized carbons (Fsp3) is 0.378. The van der Waals surface area contributed by atoms with Crippen molar-refractivity contribution in [2.75, 3.05) is 31.1 Å². The number of hydrogen-bond donors (Lipinski definition) is 1. The van der Waals surface area contributed by atoms with Crippen LogP contribution >= 0.6 is 27.7 Å². The first kappa shape index (κ1) is 32.5. The van der Waals surface area contributed by atoms with Crippen molar-refractivity contribution >= 4 is 61.9 Å². The van der Waals surface area contributed by atoms with Gasteiger partial charge in [-0.15, -0.1) is 24.9 Å². The molecule has 2 bridgehead atoms. The van der Waals surface area contributed by atoms with Crippen molar-refractivity contribution in [3.63, 3.8) is 0 Å². The third kappa shape index (κ3) is 5.30. The van der Waals surface area contributed by atoms with Crippen LogP contribution in [0.3, 0.4) is 0 Å². The van der Waals surface area contributed by atoms with Crippen LogP contribution in [0.25, 0.3) is 10.8 Å². The van der Waals surface area contributed by atoms with Crippen molar-refractivity contribution in [3.8, 4) is 0 Å². The summed E-state index contributed by atoms with van der Waals surface area (Å²) in [6.07, 6.45) is 4.75. The Morgan fingerprint density at radius 2 is 1.74 bits per heavy atom. The number of likely N-dealkylation sites (tertiary alicyclic amines) is 1. The zero-order valence-electron chi connectivity index (χ0n) is 26.0. The summed E-state index contributed by atoms with van der Waals surface area (Å²) in [5.41, 5.74) is 1.45. The van der Waals surface area contributed by atoms with Crippen LogP contribution in [0.2, 0.25) is 0 Å². The summed E-state index contributed by atoms with van der Waals surface area (Å²) in [6, 6.07) is 21.6. The third-order valence-electron chi connectivity index (χ3n) is 9.72. The largest absolute Gasteiger partial charge is 0.394 e. The minimum atomic E-state index is -0.916. The lowest BCUT2D eigenvalue weighted by molar-refractivity contribution is -0.145. The number of fused-ring (bicyclic) bond motifs is 2. The second-order valence-electron chi connectivity index (χ2n) is 12.4. The molecule has 3 aliphatic rings. The highest BCUT2D eigenvalue weighted by molar-refractivity contribution is 9.09. The molecule has 7 atom stereocenters. The lowest BCUT2D eigenvalue weighted by Gasteiger charge is -2.40. The predicted octanol–water partition coefficient (Wildman–Crippen LogP) is 5.98. The quantitative estimate of drug-likeness (QED) is 0.186. The first-order chi connectivity index (χ1) is 22.3. The molecular formula is C37H40BrN3O4S. The van der Waals surface area contributed by atoms with Gasteiger partial charge in [0.15, 0.2) is 0 Å². The summed E-state index contributed by atoms with van der Waals surface area (Å²) < 4.78 is -0.863. The number of benzene rings is 3. The van der Waals surface area contributed by atoms with E-state index < -0.39 is 28.7 Å². The predicted molar refractivity (Wildman–Crippen MR) is 189 cm³/mol. The van der Waals surface area contributed by atoms with E-state index in [9.17, 15) is 14.7 Å². The van der Waals surface area contributed by atoms with Crippen LogP contribution in [0.4, 0.5) is 5.69 Å². The lowest BCUT2D eigenvalue weighted by Crippen LogP contribution is -2.56. The SMILES string of the molecule is C=CCN(CCC)C(=O)[C@H]1[C@@H]2SC3(CC2Br)C(C(=O)N(CC=C)c2ccc4ccccc4c2)N([C@H](CO)c2ccccc2)C(=O)[C@H]13. The second kappa shape index (κ2) is 13.4. The summed E-state index contributed by atoms with van der Waals surface area (Å²) in [4.78, 5) is 49.5. The molecule has 1 spiro atoms. The Hall–Kier alpha value is -3.40. The first-order valence-corrected chi connectivity index (χ1v) is 17.7. The minimum Gasteiger partial charge on any atom is -0.394 e. The lowest BCUT2D eigenvalue weighted by atomic mass is 9.70. The molecule has 3 unspecified atom stereocenters. The molecular weight excluding hydrogens is 662 g/mol. The van der Waals surface area contributed by atoms with Gasteiger partial charge in [0.25, 0.3) is 5.91 Å². The Kier molecular flexibility index (Phi) is 9.46. The molecule has 3 aromatic rings. The summed E-state index contributed by atoms with van der Waals surface area (Å²) in [5.74, 6) is -1.87. The van der Waals surface area contributed by atoms with E-state index in [1.165, 1.54) is 0 Å². The highest BCUT2D eigenvalue weighted by Gasteiger charge is 2.76. The van der Waals surface area contributed by atoms with Crippen LogP contribution in [0, 0.1) is 11.8 Å². The number of nitrogens with zero attached hydrogens (tertiary/aromatic N) is 3. The van der Waals surface area contributed by atoms with Crippen molar-refractivity contribution in [2.24, 2.45) is 11.8 Å². The molecule has 3 amide bonds. The normalized spacial score (nSPS) is 27.0. The number of carbonyl (C=O) groups is 3. The fourth-order valence-corrected chi connectivity index (χ4v) is 11.5. The number of anilines is 1. The van der Waals surface area contributed by atoms with Gasteiger partial charge < -0.3 is 19.8 Å². The Bertz CT molecular complexity index is 1650. The number of aliphatic hydroxyl groups is 1. The van der Waals surface area contributed by atoms with Gasteiger partial charge in [-0.05, 0) is 41.3 Å².